The Balaban J connectivity index is 1.49. The van der Waals surface area contributed by atoms with Crippen molar-refractivity contribution in [3.63, 3.8) is 0 Å². The molecule has 2 unspecified atom stereocenters. The number of esters is 1. The number of methoxy groups -OCH3 is 1. The van der Waals surface area contributed by atoms with Gasteiger partial charge in [0.1, 0.15) is 0 Å². The molecule has 2 rings (SSSR count). The van der Waals surface area contributed by atoms with Gasteiger partial charge in [-0.15, -0.1) is 0 Å². The molecule has 0 aromatic carbocycles. The van der Waals surface area contributed by atoms with Crippen molar-refractivity contribution in [2.75, 3.05) is 20.3 Å². The fraction of sp³-hybridized carbons (Fsp3) is 0.889. The van der Waals surface area contributed by atoms with Crippen LogP contribution in [-0.2, 0) is 14.3 Å². The average Bonchev–Trinajstić information content (AvgIpc) is 2.63. The van der Waals surface area contributed by atoms with Crippen LogP contribution in [0.15, 0.2) is 0 Å². The van der Waals surface area contributed by atoms with Crippen LogP contribution in [0.3, 0.4) is 0 Å². The summed E-state index contributed by atoms with van der Waals surface area (Å²) in [6, 6.07) is 0.506. The highest BCUT2D eigenvalue weighted by atomic mass is 32.1. The first kappa shape index (κ1) is 20.4. The van der Waals surface area contributed by atoms with Crippen molar-refractivity contribution < 1.29 is 14.3 Å². The number of carbonyl (C=O) groups excluding carboxylic acids is 1. The zero-order valence-corrected chi connectivity index (χ0v) is 16.1. The molecule has 0 bridgehead atoms. The summed E-state index contributed by atoms with van der Waals surface area (Å²) in [5.41, 5.74) is 6.12. The number of carbonyl (C=O) groups is 1. The van der Waals surface area contributed by atoms with Crippen molar-refractivity contribution >= 4 is 23.3 Å². The van der Waals surface area contributed by atoms with Gasteiger partial charge in [-0.3, -0.25) is 4.79 Å². The van der Waals surface area contributed by atoms with Crippen molar-refractivity contribution in [3.05, 3.63) is 0 Å². The summed E-state index contributed by atoms with van der Waals surface area (Å²) in [7, 11) is 1.46. The molecule has 0 heterocycles. The van der Waals surface area contributed by atoms with Crippen LogP contribution in [0.4, 0.5) is 0 Å². The van der Waals surface area contributed by atoms with E-state index in [0.29, 0.717) is 17.8 Å². The average molecular weight is 372 g/mol. The van der Waals surface area contributed by atoms with E-state index in [1.807, 2.05) is 0 Å². The minimum atomic E-state index is -0.0821. The minimum absolute atomic E-state index is 0.0566. The van der Waals surface area contributed by atoms with Gasteiger partial charge in [0.05, 0.1) is 19.1 Å². The van der Waals surface area contributed by atoms with Crippen molar-refractivity contribution in [1.82, 2.24) is 10.6 Å². The van der Waals surface area contributed by atoms with Crippen LogP contribution in [0.5, 0.6) is 0 Å². The predicted molar refractivity (Wildman–Crippen MR) is 102 cm³/mol. The SMILES string of the molecule is COC(=O)C1CCC(OCCCNC(=S)NC2CCCCC2N)CC1. The summed E-state index contributed by atoms with van der Waals surface area (Å²) in [5.74, 6) is -0.0255. The molecule has 2 atom stereocenters. The molecule has 2 fully saturated rings. The monoisotopic (exact) mass is 371 g/mol. The van der Waals surface area contributed by atoms with E-state index >= 15 is 0 Å². The van der Waals surface area contributed by atoms with E-state index in [0.717, 1.165) is 51.5 Å². The number of ether oxygens (including phenoxy) is 2. The van der Waals surface area contributed by atoms with Crippen LogP contribution in [0.25, 0.3) is 0 Å². The van der Waals surface area contributed by atoms with Gasteiger partial charge in [-0.2, -0.15) is 0 Å². The number of rotatable bonds is 7. The molecule has 144 valence electrons. The van der Waals surface area contributed by atoms with E-state index in [9.17, 15) is 4.79 Å². The summed E-state index contributed by atoms with van der Waals surface area (Å²) in [5, 5.41) is 7.28. The third-order valence-corrected chi connectivity index (χ3v) is 5.57. The van der Waals surface area contributed by atoms with Crippen molar-refractivity contribution in [2.45, 2.75) is 76.0 Å². The number of nitrogens with one attached hydrogen (secondary N) is 2. The number of hydrogen-bond donors (Lipinski definition) is 3. The Bertz CT molecular complexity index is 428. The smallest absolute Gasteiger partial charge is 0.308 e. The molecule has 0 aromatic heterocycles. The fourth-order valence-electron chi connectivity index (χ4n) is 3.71. The van der Waals surface area contributed by atoms with Crippen LogP contribution in [0, 0.1) is 5.92 Å². The molecule has 0 spiro atoms. The summed E-state index contributed by atoms with van der Waals surface area (Å²) >= 11 is 5.35. The zero-order chi connectivity index (χ0) is 18.1. The molecule has 6 nitrogen and oxygen atoms in total. The van der Waals surface area contributed by atoms with Crippen LogP contribution in [0.2, 0.25) is 0 Å². The van der Waals surface area contributed by atoms with Gasteiger partial charge in [-0.05, 0) is 57.2 Å². The normalized spacial score (nSPS) is 29.7. The molecule has 2 saturated carbocycles. The Morgan fingerprint density at radius 3 is 2.56 bits per heavy atom. The molecule has 0 aromatic rings. The largest absolute Gasteiger partial charge is 0.469 e. The molecule has 25 heavy (non-hydrogen) atoms. The van der Waals surface area contributed by atoms with Crippen LogP contribution in [-0.4, -0.2) is 49.5 Å². The van der Waals surface area contributed by atoms with Gasteiger partial charge in [0, 0.05) is 25.2 Å². The van der Waals surface area contributed by atoms with Gasteiger partial charge in [0.15, 0.2) is 5.11 Å². The van der Waals surface area contributed by atoms with Crippen LogP contribution in [0.1, 0.15) is 57.8 Å². The lowest BCUT2D eigenvalue weighted by atomic mass is 9.87. The van der Waals surface area contributed by atoms with Gasteiger partial charge in [0.2, 0.25) is 0 Å². The van der Waals surface area contributed by atoms with Gasteiger partial charge in [-0.1, -0.05) is 12.8 Å². The summed E-state index contributed by atoms with van der Waals surface area (Å²) in [6.07, 6.45) is 9.41. The molecule has 2 aliphatic rings. The molecule has 0 amide bonds. The molecular weight excluding hydrogens is 338 g/mol. The number of nitrogens with two attached hydrogens (primary N) is 1. The first-order chi connectivity index (χ1) is 12.1. The summed E-state index contributed by atoms with van der Waals surface area (Å²) in [4.78, 5) is 11.5. The maximum Gasteiger partial charge on any atom is 0.308 e. The summed E-state index contributed by atoms with van der Waals surface area (Å²) < 4.78 is 10.7. The van der Waals surface area contributed by atoms with E-state index in [1.165, 1.54) is 20.0 Å². The van der Waals surface area contributed by atoms with E-state index in [2.05, 4.69) is 10.6 Å². The minimum Gasteiger partial charge on any atom is -0.469 e. The van der Waals surface area contributed by atoms with E-state index in [1.54, 1.807) is 0 Å². The van der Waals surface area contributed by atoms with E-state index < -0.39 is 0 Å². The number of hydrogen-bond acceptors (Lipinski definition) is 5. The third-order valence-electron chi connectivity index (χ3n) is 5.30. The Hall–Kier alpha value is -0.920. The predicted octanol–water partition coefficient (Wildman–Crippen LogP) is 1.86. The molecule has 4 N–H and O–H groups in total. The topological polar surface area (TPSA) is 85.6 Å². The van der Waals surface area contributed by atoms with Crippen LogP contribution >= 0.6 is 12.2 Å². The Labute approximate surface area is 156 Å². The second-order valence-electron chi connectivity index (χ2n) is 7.18. The Kier molecular flexibility index (Phi) is 8.92. The van der Waals surface area contributed by atoms with E-state index in [4.69, 9.17) is 27.4 Å². The number of thiocarbonyl (C=S) groups is 1. The highest BCUT2D eigenvalue weighted by Gasteiger charge is 2.27. The highest BCUT2D eigenvalue weighted by Crippen LogP contribution is 2.27. The van der Waals surface area contributed by atoms with Gasteiger partial charge >= 0.3 is 5.97 Å². The zero-order valence-electron chi connectivity index (χ0n) is 15.3. The van der Waals surface area contributed by atoms with Crippen LogP contribution < -0.4 is 16.4 Å². The van der Waals surface area contributed by atoms with Crippen molar-refractivity contribution in [1.29, 1.82) is 0 Å². The summed E-state index contributed by atoms with van der Waals surface area (Å²) in [6.45, 7) is 1.51. The second kappa shape index (κ2) is 10.9. The highest BCUT2D eigenvalue weighted by molar-refractivity contribution is 7.80. The third kappa shape index (κ3) is 7.07. The van der Waals surface area contributed by atoms with Crippen molar-refractivity contribution in [3.8, 4) is 0 Å². The van der Waals surface area contributed by atoms with E-state index in [-0.39, 0.29) is 24.0 Å². The van der Waals surface area contributed by atoms with Gasteiger partial charge in [-0.25, -0.2) is 0 Å². The second-order valence-corrected chi connectivity index (χ2v) is 7.58. The maximum atomic E-state index is 11.5. The first-order valence-electron chi connectivity index (χ1n) is 9.59. The standard InChI is InChI=1S/C18H33N3O3S/c1-23-17(22)13-7-9-14(10-8-13)24-12-4-11-20-18(25)21-16-6-3-2-5-15(16)19/h13-16H,2-12,19H2,1H3,(H2,20,21,25). The van der Waals surface area contributed by atoms with Gasteiger partial charge < -0.3 is 25.8 Å². The Morgan fingerprint density at radius 1 is 1.16 bits per heavy atom. The lowest BCUT2D eigenvalue weighted by Gasteiger charge is -2.30. The quantitative estimate of drug-likeness (QED) is 0.358. The lowest BCUT2D eigenvalue weighted by Crippen LogP contribution is -2.52. The lowest BCUT2D eigenvalue weighted by molar-refractivity contribution is -0.147. The molecule has 0 aliphatic heterocycles. The van der Waals surface area contributed by atoms with Gasteiger partial charge in [0.25, 0.3) is 0 Å². The molecule has 7 heteroatoms. The van der Waals surface area contributed by atoms with Crippen molar-refractivity contribution in [2.24, 2.45) is 11.7 Å². The first-order valence-corrected chi connectivity index (χ1v) is 10.0. The maximum absolute atomic E-state index is 11.5. The molecule has 0 radical (unpaired) electrons. The molecular formula is C18H33N3O3S. The molecule has 2 aliphatic carbocycles. The Morgan fingerprint density at radius 2 is 1.88 bits per heavy atom. The fourth-order valence-corrected chi connectivity index (χ4v) is 3.97. The molecule has 0 saturated heterocycles.